The highest BCUT2D eigenvalue weighted by Gasteiger charge is 2.24. The number of carbonyl (C=O) groups is 1. The number of rotatable bonds is 4. The van der Waals surface area contributed by atoms with Crippen molar-refractivity contribution in [2.24, 2.45) is 11.1 Å². The van der Waals surface area contributed by atoms with Gasteiger partial charge in [-0.3, -0.25) is 4.79 Å². The van der Waals surface area contributed by atoms with Crippen LogP contribution in [0.2, 0.25) is 0 Å². The molecule has 1 rings (SSSR count). The molecule has 3 N–H and O–H groups in total. The van der Waals surface area contributed by atoms with Gasteiger partial charge >= 0.3 is 0 Å². The highest BCUT2D eigenvalue weighted by molar-refractivity contribution is 5.78. The molecule has 94 valence electrons. The van der Waals surface area contributed by atoms with E-state index in [1.165, 1.54) is 0 Å². The molecule has 0 spiro atoms. The van der Waals surface area contributed by atoms with Crippen LogP contribution in [0.15, 0.2) is 30.3 Å². The van der Waals surface area contributed by atoms with Crippen LogP contribution in [-0.4, -0.2) is 18.5 Å². The Labute approximate surface area is 103 Å². The molecule has 0 aromatic heterocycles. The molecule has 3 nitrogen and oxygen atoms in total. The topological polar surface area (TPSA) is 55.1 Å². The van der Waals surface area contributed by atoms with Gasteiger partial charge in [-0.05, 0) is 11.0 Å². The number of hydrogen-bond acceptors (Lipinski definition) is 2. The second-order valence-corrected chi connectivity index (χ2v) is 5.38. The van der Waals surface area contributed by atoms with Crippen LogP contribution in [-0.2, 0) is 11.2 Å². The molecule has 0 saturated heterocycles. The van der Waals surface area contributed by atoms with Crippen molar-refractivity contribution in [2.75, 3.05) is 6.54 Å². The smallest absolute Gasteiger partial charge is 0.224 e. The lowest BCUT2D eigenvalue weighted by molar-refractivity contribution is -0.121. The predicted octanol–water partition coefficient (Wildman–Crippen LogP) is 1.72. The standard InChI is InChI=1S/C14H22N2O/c1-14(2,3)12(10-15)16-13(17)9-11-7-5-4-6-8-11/h4-8,12H,9-10,15H2,1-3H3,(H,16,17). The normalized spacial score (nSPS) is 13.2. The van der Waals surface area contributed by atoms with Gasteiger partial charge in [0, 0.05) is 12.6 Å². The van der Waals surface area contributed by atoms with E-state index in [9.17, 15) is 4.79 Å². The molecule has 3 heteroatoms. The third kappa shape index (κ3) is 4.57. The number of carbonyl (C=O) groups excluding carboxylic acids is 1. The quantitative estimate of drug-likeness (QED) is 0.833. The predicted molar refractivity (Wildman–Crippen MR) is 70.6 cm³/mol. The van der Waals surface area contributed by atoms with Gasteiger partial charge in [-0.25, -0.2) is 0 Å². The van der Waals surface area contributed by atoms with Gasteiger partial charge in [0.1, 0.15) is 0 Å². The molecule has 0 aliphatic rings. The molecule has 1 amide bonds. The minimum atomic E-state index is -0.0128. The largest absolute Gasteiger partial charge is 0.351 e. The molecule has 1 aromatic carbocycles. The van der Waals surface area contributed by atoms with Crippen molar-refractivity contribution in [2.45, 2.75) is 33.2 Å². The van der Waals surface area contributed by atoms with Crippen LogP contribution in [0.4, 0.5) is 0 Å². The Morgan fingerprint density at radius 1 is 1.29 bits per heavy atom. The lowest BCUT2D eigenvalue weighted by atomic mass is 9.86. The minimum absolute atomic E-state index is 0.0127. The van der Waals surface area contributed by atoms with Gasteiger partial charge in [-0.1, -0.05) is 51.1 Å². The van der Waals surface area contributed by atoms with E-state index < -0.39 is 0 Å². The van der Waals surface area contributed by atoms with E-state index in [1.54, 1.807) is 0 Å². The van der Waals surface area contributed by atoms with Crippen molar-refractivity contribution < 1.29 is 4.79 Å². The third-order valence-electron chi connectivity index (χ3n) is 2.82. The van der Waals surface area contributed by atoms with Crippen molar-refractivity contribution in [3.63, 3.8) is 0 Å². The summed E-state index contributed by atoms with van der Waals surface area (Å²) < 4.78 is 0. The van der Waals surface area contributed by atoms with Crippen LogP contribution < -0.4 is 11.1 Å². The van der Waals surface area contributed by atoms with Crippen LogP contribution in [0, 0.1) is 5.41 Å². The summed E-state index contributed by atoms with van der Waals surface area (Å²) >= 11 is 0. The second-order valence-electron chi connectivity index (χ2n) is 5.38. The summed E-state index contributed by atoms with van der Waals surface area (Å²) in [4.78, 5) is 11.9. The van der Waals surface area contributed by atoms with Crippen LogP contribution in [0.1, 0.15) is 26.3 Å². The molecule has 0 bridgehead atoms. The number of hydrogen-bond donors (Lipinski definition) is 2. The maximum Gasteiger partial charge on any atom is 0.224 e. The number of amides is 1. The Morgan fingerprint density at radius 3 is 2.35 bits per heavy atom. The van der Waals surface area contributed by atoms with Crippen molar-refractivity contribution in [3.8, 4) is 0 Å². The average Bonchev–Trinajstić information content (AvgIpc) is 2.25. The molecule has 1 atom stereocenters. The summed E-state index contributed by atoms with van der Waals surface area (Å²) in [6.07, 6.45) is 0.410. The molecule has 0 radical (unpaired) electrons. The van der Waals surface area contributed by atoms with Gasteiger partial charge in [-0.15, -0.1) is 0 Å². The van der Waals surface area contributed by atoms with Crippen molar-refractivity contribution in [3.05, 3.63) is 35.9 Å². The van der Waals surface area contributed by atoms with E-state index in [1.807, 2.05) is 30.3 Å². The van der Waals surface area contributed by atoms with Crippen LogP contribution in [0.3, 0.4) is 0 Å². The lowest BCUT2D eigenvalue weighted by Gasteiger charge is -2.30. The second kappa shape index (κ2) is 5.82. The first kappa shape index (κ1) is 13.7. The zero-order valence-electron chi connectivity index (χ0n) is 10.9. The van der Waals surface area contributed by atoms with Crippen molar-refractivity contribution >= 4 is 5.91 Å². The van der Waals surface area contributed by atoms with Gasteiger partial charge in [0.05, 0.1) is 6.42 Å². The molecule has 0 aliphatic carbocycles. The zero-order chi connectivity index (χ0) is 12.9. The molecule has 1 unspecified atom stereocenters. The van der Waals surface area contributed by atoms with E-state index in [2.05, 4.69) is 26.1 Å². The molecular formula is C14H22N2O. The van der Waals surface area contributed by atoms with Gasteiger partial charge in [0.25, 0.3) is 0 Å². The molecule has 0 heterocycles. The first-order chi connectivity index (χ1) is 7.93. The SMILES string of the molecule is CC(C)(C)C(CN)NC(=O)Cc1ccccc1. The fourth-order valence-electron chi connectivity index (χ4n) is 1.66. The van der Waals surface area contributed by atoms with E-state index in [-0.39, 0.29) is 17.4 Å². The van der Waals surface area contributed by atoms with E-state index >= 15 is 0 Å². The van der Waals surface area contributed by atoms with E-state index in [0.717, 1.165) is 5.56 Å². The Hall–Kier alpha value is -1.35. The highest BCUT2D eigenvalue weighted by atomic mass is 16.1. The maximum atomic E-state index is 11.9. The Kier molecular flexibility index (Phi) is 4.70. The summed E-state index contributed by atoms with van der Waals surface area (Å²) in [5.41, 5.74) is 6.70. The molecule has 17 heavy (non-hydrogen) atoms. The first-order valence-electron chi connectivity index (χ1n) is 5.97. The van der Waals surface area contributed by atoms with Crippen LogP contribution in [0.25, 0.3) is 0 Å². The van der Waals surface area contributed by atoms with Gasteiger partial charge in [0.15, 0.2) is 0 Å². The van der Waals surface area contributed by atoms with Gasteiger partial charge in [-0.2, -0.15) is 0 Å². The number of nitrogens with two attached hydrogens (primary N) is 1. The molecular weight excluding hydrogens is 212 g/mol. The fourth-order valence-corrected chi connectivity index (χ4v) is 1.66. The maximum absolute atomic E-state index is 11.9. The molecule has 0 aliphatic heterocycles. The Balaban J connectivity index is 2.55. The lowest BCUT2D eigenvalue weighted by Crippen LogP contribution is -2.48. The first-order valence-corrected chi connectivity index (χ1v) is 5.97. The third-order valence-corrected chi connectivity index (χ3v) is 2.82. The monoisotopic (exact) mass is 234 g/mol. The van der Waals surface area contributed by atoms with Crippen molar-refractivity contribution in [1.82, 2.24) is 5.32 Å². The summed E-state index contributed by atoms with van der Waals surface area (Å²) in [5, 5.41) is 2.99. The Bertz CT molecular complexity index is 354. The summed E-state index contributed by atoms with van der Waals surface area (Å²) in [5.74, 6) is 0.0292. The average molecular weight is 234 g/mol. The highest BCUT2D eigenvalue weighted by Crippen LogP contribution is 2.18. The zero-order valence-corrected chi connectivity index (χ0v) is 10.9. The fraction of sp³-hybridized carbons (Fsp3) is 0.500. The number of benzene rings is 1. The van der Waals surface area contributed by atoms with E-state index in [0.29, 0.717) is 13.0 Å². The van der Waals surface area contributed by atoms with E-state index in [4.69, 9.17) is 5.73 Å². The van der Waals surface area contributed by atoms with Crippen LogP contribution in [0.5, 0.6) is 0 Å². The Morgan fingerprint density at radius 2 is 1.88 bits per heavy atom. The molecule has 0 saturated carbocycles. The van der Waals surface area contributed by atoms with Gasteiger partial charge < -0.3 is 11.1 Å². The molecule has 0 fully saturated rings. The molecule has 1 aromatic rings. The van der Waals surface area contributed by atoms with Gasteiger partial charge in [0.2, 0.25) is 5.91 Å². The summed E-state index contributed by atoms with van der Waals surface area (Å²) in [6.45, 7) is 6.69. The summed E-state index contributed by atoms with van der Waals surface area (Å²) in [6, 6.07) is 9.74. The van der Waals surface area contributed by atoms with Crippen molar-refractivity contribution in [1.29, 1.82) is 0 Å². The number of nitrogens with one attached hydrogen (secondary N) is 1. The minimum Gasteiger partial charge on any atom is -0.351 e. The van der Waals surface area contributed by atoms with Crippen LogP contribution >= 0.6 is 0 Å². The summed E-state index contributed by atoms with van der Waals surface area (Å²) in [7, 11) is 0.